The van der Waals surface area contributed by atoms with Crippen LogP contribution in [-0.4, -0.2) is 19.1 Å². The van der Waals surface area contributed by atoms with E-state index < -0.39 is 6.04 Å². The molecule has 0 saturated heterocycles. The number of nitrogens with zero attached hydrogens (tertiary/aromatic N) is 1. The highest BCUT2D eigenvalue weighted by Gasteiger charge is 2.11. The molecule has 0 bridgehead atoms. The van der Waals surface area contributed by atoms with Crippen molar-refractivity contribution < 1.29 is 9.53 Å². The average molecular weight is 210 g/mol. The lowest BCUT2D eigenvalue weighted by Gasteiger charge is -2.03. The van der Waals surface area contributed by atoms with Crippen molar-refractivity contribution in [2.24, 2.45) is 0 Å². The molecule has 1 rings (SSSR count). The van der Waals surface area contributed by atoms with Crippen molar-refractivity contribution in [3.8, 4) is 11.8 Å². The van der Waals surface area contributed by atoms with Gasteiger partial charge in [0.2, 0.25) is 0 Å². The molecule has 4 nitrogen and oxygen atoms in total. The number of thiophene rings is 1. The molecule has 1 aromatic heterocycles. The third-order valence-corrected chi connectivity index (χ3v) is 2.48. The summed E-state index contributed by atoms with van der Waals surface area (Å²) in [6.07, 6.45) is 0. The molecule has 1 atom stereocenters. The van der Waals surface area contributed by atoms with Crippen LogP contribution in [0.2, 0.25) is 0 Å². The summed E-state index contributed by atoms with van der Waals surface area (Å²) in [5.74, 6) is 0.414. The number of amides is 1. The molecule has 0 aliphatic heterocycles. The zero-order chi connectivity index (χ0) is 10.6. The minimum Gasteiger partial charge on any atom is -0.496 e. The van der Waals surface area contributed by atoms with Gasteiger partial charge in [-0.15, -0.1) is 11.3 Å². The molecule has 0 aliphatic carbocycles. The van der Waals surface area contributed by atoms with E-state index in [1.165, 1.54) is 11.3 Å². The molecule has 5 heteroatoms. The topological polar surface area (TPSA) is 62.1 Å². The summed E-state index contributed by atoms with van der Waals surface area (Å²) >= 11 is 1.29. The maximum atomic E-state index is 11.4. The Bertz CT molecular complexity index is 367. The molecule has 1 unspecified atom stereocenters. The lowest BCUT2D eigenvalue weighted by molar-refractivity contribution is 0.0951. The number of methoxy groups -OCH3 is 1. The van der Waals surface area contributed by atoms with E-state index in [2.05, 4.69) is 5.32 Å². The highest BCUT2D eigenvalue weighted by molar-refractivity contribution is 7.12. The number of ether oxygens (including phenoxy) is 1. The van der Waals surface area contributed by atoms with Gasteiger partial charge in [0.15, 0.2) is 0 Å². The van der Waals surface area contributed by atoms with E-state index in [-0.39, 0.29) is 5.91 Å². The first-order valence-electron chi connectivity index (χ1n) is 4.00. The monoisotopic (exact) mass is 210 g/mol. The minimum absolute atomic E-state index is 0.243. The fourth-order valence-corrected chi connectivity index (χ4v) is 1.60. The van der Waals surface area contributed by atoms with Gasteiger partial charge >= 0.3 is 0 Å². The first-order chi connectivity index (χ1) is 6.67. The minimum atomic E-state index is -0.476. The SMILES string of the molecule is COc1csc(C(=O)NC(C)C#N)c1. The molecule has 1 amide bonds. The summed E-state index contributed by atoms with van der Waals surface area (Å²) in [4.78, 5) is 12.0. The van der Waals surface area contributed by atoms with Crippen LogP contribution >= 0.6 is 11.3 Å². The molecule has 0 spiro atoms. The van der Waals surface area contributed by atoms with E-state index in [1.807, 2.05) is 6.07 Å². The number of carbonyl (C=O) groups is 1. The summed E-state index contributed by atoms with van der Waals surface area (Å²) in [7, 11) is 1.54. The Hall–Kier alpha value is -1.54. The van der Waals surface area contributed by atoms with Gasteiger partial charge in [-0.3, -0.25) is 4.79 Å². The van der Waals surface area contributed by atoms with Crippen LogP contribution in [0.1, 0.15) is 16.6 Å². The molecule has 0 aliphatic rings. The molecule has 1 heterocycles. The molecule has 0 saturated carbocycles. The largest absolute Gasteiger partial charge is 0.496 e. The van der Waals surface area contributed by atoms with E-state index in [0.717, 1.165) is 0 Å². The Morgan fingerprint density at radius 1 is 1.79 bits per heavy atom. The summed E-state index contributed by atoms with van der Waals surface area (Å²) in [5, 5.41) is 12.8. The number of carbonyl (C=O) groups excluding carboxylic acids is 1. The normalized spacial score (nSPS) is 11.5. The lowest BCUT2D eigenvalue weighted by atomic mass is 10.3. The van der Waals surface area contributed by atoms with Gasteiger partial charge in [0.25, 0.3) is 5.91 Å². The van der Waals surface area contributed by atoms with Gasteiger partial charge in [-0.1, -0.05) is 0 Å². The first-order valence-corrected chi connectivity index (χ1v) is 4.88. The molecule has 1 aromatic rings. The summed E-state index contributed by atoms with van der Waals surface area (Å²) < 4.78 is 4.94. The highest BCUT2D eigenvalue weighted by atomic mass is 32.1. The molecule has 0 aromatic carbocycles. The first kappa shape index (κ1) is 10.5. The molecule has 0 radical (unpaired) electrons. The van der Waals surface area contributed by atoms with Crippen molar-refractivity contribution in [3.05, 3.63) is 16.3 Å². The van der Waals surface area contributed by atoms with Gasteiger partial charge < -0.3 is 10.1 Å². The Balaban J connectivity index is 2.66. The average Bonchev–Trinajstić information content (AvgIpc) is 2.65. The Morgan fingerprint density at radius 3 is 3.00 bits per heavy atom. The van der Waals surface area contributed by atoms with Crippen LogP contribution in [0.25, 0.3) is 0 Å². The number of hydrogen-bond donors (Lipinski definition) is 1. The second-order valence-corrected chi connectivity index (χ2v) is 3.59. The van der Waals surface area contributed by atoms with Crippen molar-refractivity contribution >= 4 is 17.2 Å². The maximum Gasteiger partial charge on any atom is 0.262 e. The number of nitrogens with one attached hydrogen (secondary N) is 1. The van der Waals surface area contributed by atoms with Crippen molar-refractivity contribution in [2.45, 2.75) is 13.0 Å². The predicted octanol–water partition coefficient (Wildman–Crippen LogP) is 1.40. The van der Waals surface area contributed by atoms with Crippen LogP contribution in [0.5, 0.6) is 5.75 Å². The second kappa shape index (κ2) is 4.63. The summed E-state index contributed by atoms with van der Waals surface area (Å²) in [5.41, 5.74) is 0. The van der Waals surface area contributed by atoms with E-state index in [0.29, 0.717) is 10.6 Å². The Kier molecular flexibility index (Phi) is 3.48. The third kappa shape index (κ3) is 2.47. The van der Waals surface area contributed by atoms with Crippen LogP contribution in [0.4, 0.5) is 0 Å². The molecule has 14 heavy (non-hydrogen) atoms. The fourth-order valence-electron chi connectivity index (χ4n) is 0.845. The van der Waals surface area contributed by atoms with Crippen LogP contribution in [0, 0.1) is 11.3 Å². The predicted molar refractivity (Wildman–Crippen MR) is 53.4 cm³/mol. The van der Waals surface area contributed by atoms with Crippen molar-refractivity contribution in [2.75, 3.05) is 7.11 Å². The second-order valence-electron chi connectivity index (χ2n) is 2.68. The van der Waals surface area contributed by atoms with Crippen LogP contribution in [0.15, 0.2) is 11.4 Å². The van der Waals surface area contributed by atoms with Crippen molar-refractivity contribution in [3.63, 3.8) is 0 Å². The highest BCUT2D eigenvalue weighted by Crippen LogP contribution is 2.20. The van der Waals surface area contributed by atoms with Crippen LogP contribution < -0.4 is 10.1 Å². The fraction of sp³-hybridized carbons (Fsp3) is 0.333. The molecule has 74 valence electrons. The van der Waals surface area contributed by atoms with Gasteiger partial charge in [-0.2, -0.15) is 5.26 Å². The Morgan fingerprint density at radius 2 is 2.50 bits per heavy atom. The van der Waals surface area contributed by atoms with Gasteiger partial charge in [-0.05, 0) is 6.92 Å². The Labute approximate surface area is 86.1 Å². The third-order valence-electron chi connectivity index (χ3n) is 1.58. The summed E-state index contributed by atoms with van der Waals surface area (Å²) in [6, 6.07) is 3.09. The van der Waals surface area contributed by atoms with Crippen molar-refractivity contribution in [1.82, 2.24) is 5.32 Å². The quantitative estimate of drug-likeness (QED) is 0.820. The zero-order valence-electron chi connectivity index (χ0n) is 7.90. The van der Waals surface area contributed by atoms with Gasteiger partial charge in [-0.25, -0.2) is 0 Å². The summed E-state index contributed by atoms with van der Waals surface area (Å²) in [6.45, 7) is 1.63. The lowest BCUT2D eigenvalue weighted by Crippen LogP contribution is -2.30. The number of rotatable bonds is 3. The van der Waals surface area contributed by atoms with E-state index in [4.69, 9.17) is 10.00 Å². The van der Waals surface area contributed by atoms with Crippen molar-refractivity contribution in [1.29, 1.82) is 5.26 Å². The van der Waals surface area contributed by atoms with Gasteiger partial charge in [0.1, 0.15) is 11.8 Å². The van der Waals surface area contributed by atoms with E-state index >= 15 is 0 Å². The van der Waals surface area contributed by atoms with Crippen LogP contribution in [0.3, 0.4) is 0 Å². The maximum absolute atomic E-state index is 11.4. The molecule has 0 fully saturated rings. The molecular weight excluding hydrogens is 200 g/mol. The number of nitriles is 1. The smallest absolute Gasteiger partial charge is 0.262 e. The molecular formula is C9H10N2O2S. The van der Waals surface area contributed by atoms with Gasteiger partial charge in [0.05, 0.1) is 18.1 Å². The van der Waals surface area contributed by atoms with Gasteiger partial charge in [0, 0.05) is 11.4 Å². The zero-order valence-corrected chi connectivity index (χ0v) is 8.72. The molecule has 1 N–H and O–H groups in total. The van der Waals surface area contributed by atoms with Crippen LogP contribution in [-0.2, 0) is 0 Å². The standard InChI is InChI=1S/C9H10N2O2S/c1-6(4-10)11-9(12)8-3-7(13-2)5-14-8/h3,5-6H,1-2H3,(H,11,12). The van der Waals surface area contributed by atoms with E-state index in [1.54, 1.807) is 25.5 Å². The number of hydrogen-bond acceptors (Lipinski definition) is 4. The van der Waals surface area contributed by atoms with E-state index in [9.17, 15) is 4.79 Å².